The molecule has 3 aromatic carbocycles. The molecule has 0 amide bonds. The molecule has 1 saturated heterocycles. The number of piperidine rings is 1. The zero-order chi connectivity index (χ0) is 20.7. The summed E-state index contributed by atoms with van der Waals surface area (Å²) in [5.74, 6) is 0. The Kier molecular flexibility index (Phi) is 6.70. The fraction of sp³-hybridized carbons (Fsp3) is 0.240. The van der Waals surface area contributed by atoms with Gasteiger partial charge in [0.2, 0.25) is 0 Å². The van der Waals surface area contributed by atoms with Gasteiger partial charge in [0.1, 0.15) is 12.2 Å². The van der Waals surface area contributed by atoms with E-state index in [-0.39, 0.29) is 5.41 Å². The lowest BCUT2D eigenvalue weighted by Crippen LogP contribution is -2.42. The van der Waals surface area contributed by atoms with E-state index >= 15 is 0 Å². The van der Waals surface area contributed by atoms with Crippen molar-refractivity contribution in [3.63, 3.8) is 0 Å². The van der Waals surface area contributed by atoms with Crippen molar-refractivity contribution in [3.05, 3.63) is 90.0 Å². The highest BCUT2D eigenvalue weighted by atomic mass is 32.2. The summed E-state index contributed by atoms with van der Waals surface area (Å²) in [6.45, 7) is 2.64. The van der Waals surface area contributed by atoms with E-state index in [4.69, 9.17) is 9.44 Å². The number of nitrogens with zero attached hydrogens (tertiary/aromatic N) is 1. The number of benzene rings is 3. The average Bonchev–Trinajstić information content (AvgIpc) is 2.83. The van der Waals surface area contributed by atoms with Crippen molar-refractivity contribution in [3.8, 4) is 17.2 Å². The molecule has 30 heavy (non-hydrogen) atoms. The molecule has 1 aliphatic heterocycles. The number of nitrogens with one attached hydrogen (secondary N) is 2. The molecule has 0 aromatic heterocycles. The predicted molar refractivity (Wildman–Crippen MR) is 124 cm³/mol. The fourth-order valence-corrected chi connectivity index (χ4v) is 4.51. The summed E-state index contributed by atoms with van der Waals surface area (Å²) < 4.78 is 9.27. The lowest BCUT2D eigenvalue weighted by atomic mass is 9.73. The zero-order valence-electron chi connectivity index (χ0n) is 16.8. The smallest absolute Gasteiger partial charge is 0.111 e. The second-order valence-corrected chi connectivity index (χ2v) is 8.22. The molecule has 4 rings (SSSR count). The van der Waals surface area contributed by atoms with Crippen LogP contribution in [0, 0.1) is 11.3 Å². The normalized spacial score (nSPS) is 15.3. The molecular weight excluding hydrogens is 390 g/mol. The van der Waals surface area contributed by atoms with Crippen LogP contribution in [0.15, 0.2) is 78.9 Å². The van der Waals surface area contributed by atoms with Gasteiger partial charge in [-0.1, -0.05) is 54.6 Å². The monoisotopic (exact) mass is 415 g/mol. The molecule has 0 saturated carbocycles. The first-order chi connectivity index (χ1) is 14.8. The predicted octanol–water partition coefficient (Wildman–Crippen LogP) is 5.54. The summed E-state index contributed by atoms with van der Waals surface area (Å²) in [6.07, 6.45) is 2.09. The Morgan fingerprint density at radius 3 is 2.43 bits per heavy atom. The van der Waals surface area contributed by atoms with Crippen LogP contribution < -0.4 is 10.0 Å². The largest absolute Gasteiger partial charge is 0.317 e. The highest BCUT2D eigenvalue weighted by Crippen LogP contribution is 2.36. The van der Waals surface area contributed by atoms with Crippen LogP contribution in [0.3, 0.4) is 0 Å². The van der Waals surface area contributed by atoms with E-state index in [1.165, 1.54) is 17.8 Å². The van der Waals surface area contributed by atoms with Crippen molar-refractivity contribution < 1.29 is 4.18 Å². The van der Waals surface area contributed by atoms with Crippen molar-refractivity contribution >= 4 is 17.9 Å². The third-order valence-electron chi connectivity index (χ3n) is 5.71. The Morgan fingerprint density at radius 2 is 1.70 bits per heavy atom. The van der Waals surface area contributed by atoms with E-state index in [9.17, 15) is 0 Å². The van der Waals surface area contributed by atoms with Gasteiger partial charge in [-0.25, -0.2) is 0 Å². The molecule has 1 fully saturated rings. The number of anilines is 1. The number of nitriles is 1. The van der Waals surface area contributed by atoms with E-state index < -0.39 is 0 Å². The molecule has 0 unspecified atom stereocenters. The second-order valence-electron chi connectivity index (χ2n) is 7.61. The van der Waals surface area contributed by atoms with Crippen LogP contribution in [0.1, 0.15) is 24.0 Å². The molecule has 0 spiro atoms. The highest BCUT2D eigenvalue weighted by Gasteiger charge is 2.34. The van der Waals surface area contributed by atoms with Crippen LogP contribution >= 0.6 is 12.2 Å². The Balaban J connectivity index is 1.46. The van der Waals surface area contributed by atoms with Crippen LogP contribution in [0.2, 0.25) is 0 Å². The quantitative estimate of drug-likeness (QED) is 0.301. The van der Waals surface area contributed by atoms with Crippen molar-refractivity contribution in [2.24, 2.45) is 0 Å². The van der Waals surface area contributed by atoms with Crippen molar-refractivity contribution in [2.45, 2.75) is 18.3 Å². The van der Waals surface area contributed by atoms with E-state index in [1.807, 2.05) is 54.6 Å². The van der Waals surface area contributed by atoms with Gasteiger partial charge in [0.05, 0.1) is 18.2 Å². The lowest BCUT2D eigenvalue weighted by Gasteiger charge is -2.37. The molecule has 1 heterocycles. The molecule has 2 N–H and O–H groups in total. The van der Waals surface area contributed by atoms with Crippen molar-refractivity contribution in [1.82, 2.24) is 5.32 Å². The maximum absolute atomic E-state index is 9.16. The van der Waals surface area contributed by atoms with Gasteiger partial charge in [0.15, 0.2) is 0 Å². The summed E-state index contributed by atoms with van der Waals surface area (Å²) >= 11 is 1.30. The van der Waals surface area contributed by atoms with E-state index in [2.05, 4.69) is 40.4 Å². The molecule has 0 bridgehead atoms. The summed E-state index contributed by atoms with van der Waals surface area (Å²) in [4.78, 5) is 0. The van der Waals surface area contributed by atoms with Crippen LogP contribution in [0.25, 0.3) is 11.1 Å². The Bertz CT molecular complexity index is 993. The van der Waals surface area contributed by atoms with Gasteiger partial charge in [-0.2, -0.15) is 5.26 Å². The molecule has 0 atom stereocenters. The molecule has 4 nitrogen and oxygen atoms in total. The Hall–Kier alpha value is -2.78. The second kappa shape index (κ2) is 9.82. The van der Waals surface area contributed by atoms with Crippen LogP contribution in [0.5, 0.6) is 0 Å². The minimum Gasteiger partial charge on any atom is -0.317 e. The summed E-state index contributed by atoms with van der Waals surface area (Å²) in [7, 11) is 0. The SMILES string of the molecule is N#Cc1cccc(-c2ccc(C3(COSNc4ccccc4)CCNCC3)cc2)c1. The zero-order valence-corrected chi connectivity index (χ0v) is 17.6. The van der Waals surface area contributed by atoms with Crippen LogP contribution in [-0.4, -0.2) is 19.7 Å². The van der Waals surface area contributed by atoms with E-state index in [0.717, 1.165) is 42.7 Å². The average molecular weight is 416 g/mol. The summed E-state index contributed by atoms with van der Waals surface area (Å²) in [5, 5.41) is 12.6. The van der Waals surface area contributed by atoms with Gasteiger partial charge in [-0.15, -0.1) is 0 Å². The Labute approximate surface area is 182 Å². The van der Waals surface area contributed by atoms with Gasteiger partial charge in [-0.05, 0) is 66.9 Å². The van der Waals surface area contributed by atoms with E-state index in [0.29, 0.717) is 12.2 Å². The van der Waals surface area contributed by atoms with E-state index in [1.54, 1.807) is 0 Å². The topological polar surface area (TPSA) is 57.1 Å². The highest BCUT2D eigenvalue weighted by molar-refractivity contribution is 7.96. The number of rotatable bonds is 7. The lowest BCUT2D eigenvalue weighted by molar-refractivity contribution is 0.198. The van der Waals surface area contributed by atoms with Gasteiger partial charge in [0, 0.05) is 11.1 Å². The van der Waals surface area contributed by atoms with Gasteiger partial charge in [-0.3, -0.25) is 4.18 Å². The number of hydrogen-bond acceptors (Lipinski definition) is 5. The first kappa shape index (κ1) is 20.5. The molecule has 1 aliphatic rings. The molecular formula is C25H25N3OS. The van der Waals surface area contributed by atoms with Crippen LogP contribution in [0.4, 0.5) is 5.69 Å². The first-order valence-electron chi connectivity index (χ1n) is 10.2. The van der Waals surface area contributed by atoms with Crippen molar-refractivity contribution in [2.75, 3.05) is 24.4 Å². The number of para-hydroxylation sites is 1. The first-order valence-corrected chi connectivity index (χ1v) is 10.9. The van der Waals surface area contributed by atoms with Gasteiger partial charge in [0.25, 0.3) is 0 Å². The molecule has 0 radical (unpaired) electrons. The summed E-state index contributed by atoms with van der Waals surface area (Å²) in [5.41, 5.74) is 5.22. The van der Waals surface area contributed by atoms with Gasteiger partial charge >= 0.3 is 0 Å². The minimum absolute atomic E-state index is 0.00362. The number of hydrogen-bond donors (Lipinski definition) is 2. The maximum Gasteiger partial charge on any atom is 0.111 e. The Morgan fingerprint density at radius 1 is 0.933 bits per heavy atom. The standard InChI is InChI=1S/C25H25N3OS/c26-18-20-5-4-6-22(17-20)21-9-11-23(12-10-21)25(13-15-27-16-14-25)19-29-30-28-24-7-2-1-3-8-24/h1-12,17,27-28H,13-16,19H2. The third kappa shape index (κ3) is 4.85. The third-order valence-corrected chi connectivity index (χ3v) is 6.27. The molecule has 3 aromatic rings. The van der Waals surface area contributed by atoms with Crippen LogP contribution in [-0.2, 0) is 9.60 Å². The molecule has 5 heteroatoms. The van der Waals surface area contributed by atoms with Crippen molar-refractivity contribution in [1.29, 1.82) is 5.26 Å². The summed E-state index contributed by atoms with van der Waals surface area (Å²) in [6, 6.07) is 28.8. The molecule has 152 valence electrons. The molecule has 0 aliphatic carbocycles. The minimum atomic E-state index is 0.00362. The fourth-order valence-electron chi connectivity index (χ4n) is 3.93. The maximum atomic E-state index is 9.16. The van der Waals surface area contributed by atoms with Gasteiger partial charge < -0.3 is 10.0 Å².